The van der Waals surface area contributed by atoms with Crippen molar-refractivity contribution in [3.05, 3.63) is 23.0 Å². The van der Waals surface area contributed by atoms with Crippen LogP contribution in [0.5, 0.6) is 0 Å². The molecule has 104 valence electrons. The molecule has 0 aliphatic carbocycles. The van der Waals surface area contributed by atoms with Crippen LogP contribution in [0.25, 0.3) is 0 Å². The highest BCUT2D eigenvalue weighted by molar-refractivity contribution is 6.33. The van der Waals surface area contributed by atoms with Gasteiger partial charge < -0.3 is 10.2 Å². The number of aromatic nitrogens is 1. The lowest BCUT2D eigenvalue weighted by Crippen LogP contribution is -2.49. The fraction of sp³-hybridized carbons (Fsp3) is 0.643. The SMILES string of the molecule is Cc1nccc(N2CCC(N3CCNCC3)C2)c1Cl. The van der Waals surface area contributed by atoms with Gasteiger partial charge in [-0.3, -0.25) is 9.88 Å². The molecule has 2 fully saturated rings. The minimum absolute atomic E-state index is 0.673. The molecule has 2 aliphatic rings. The molecule has 2 saturated heterocycles. The van der Waals surface area contributed by atoms with Gasteiger partial charge >= 0.3 is 0 Å². The van der Waals surface area contributed by atoms with Crippen LogP contribution in [0.4, 0.5) is 5.69 Å². The molecule has 2 aliphatic heterocycles. The summed E-state index contributed by atoms with van der Waals surface area (Å²) in [6.07, 6.45) is 3.09. The highest BCUT2D eigenvalue weighted by Gasteiger charge is 2.29. The van der Waals surface area contributed by atoms with E-state index in [4.69, 9.17) is 11.6 Å². The lowest BCUT2D eigenvalue weighted by Gasteiger charge is -2.32. The summed E-state index contributed by atoms with van der Waals surface area (Å²) in [5.74, 6) is 0. The molecule has 0 aromatic carbocycles. The Balaban J connectivity index is 1.69. The fourth-order valence-electron chi connectivity index (χ4n) is 3.09. The lowest BCUT2D eigenvalue weighted by atomic mass is 10.2. The Bertz CT molecular complexity index is 445. The second-order valence-corrected chi connectivity index (χ2v) is 5.78. The van der Waals surface area contributed by atoms with E-state index in [2.05, 4.69) is 20.1 Å². The third kappa shape index (κ3) is 2.71. The van der Waals surface area contributed by atoms with Gasteiger partial charge in [0.05, 0.1) is 16.4 Å². The van der Waals surface area contributed by atoms with Gasteiger partial charge in [0.2, 0.25) is 0 Å². The predicted octanol–water partition coefficient (Wildman–Crippen LogP) is 1.53. The number of hydrogen-bond donors (Lipinski definition) is 1. The summed E-state index contributed by atoms with van der Waals surface area (Å²) in [4.78, 5) is 9.26. The number of anilines is 1. The highest BCUT2D eigenvalue weighted by atomic mass is 35.5. The summed E-state index contributed by atoms with van der Waals surface area (Å²) >= 11 is 6.38. The van der Waals surface area contributed by atoms with E-state index in [0.717, 1.165) is 42.6 Å². The van der Waals surface area contributed by atoms with Crippen molar-refractivity contribution in [3.8, 4) is 0 Å². The summed E-state index contributed by atoms with van der Waals surface area (Å²) in [5.41, 5.74) is 2.07. The number of rotatable bonds is 2. The second-order valence-electron chi connectivity index (χ2n) is 5.40. The molecule has 19 heavy (non-hydrogen) atoms. The van der Waals surface area contributed by atoms with E-state index in [1.165, 1.54) is 19.5 Å². The van der Waals surface area contributed by atoms with Crippen LogP contribution < -0.4 is 10.2 Å². The van der Waals surface area contributed by atoms with Crippen LogP contribution >= 0.6 is 11.6 Å². The van der Waals surface area contributed by atoms with Crippen molar-refractivity contribution >= 4 is 17.3 Å². The van der Waals surface area contributed by atoms with Gasteiger partial charge in [0.1, 0.15) is 0 Å². The number of piperazine rings is 1. The number of nitrogens with zero attached hydrogens (tertiary/aromatic N) is 3. The number of nitrogens with one attached hydrogen (secondary N) is 1. The highest BCUT2D eigenvalue weighted by Crippen LogP contribution is 2.31. The van der Waals surface area contributed by atoms with Gasteiger partial charge in [-0.05, 0) is 19.4 Å². The minimum atomic E-state index is 0.673. The zero-order chi connectivity index (χ0) is 13.2. The van der Waals surface area contributed by atoms with E-state index in [0.29, 0.717) is 6.04 Å². The van der Waals surface area contributed by atoms with Gasteiger partial charge in [-0.25, -0.2) is 0 Å². The lowest BCUT2D eigenvalue weighted by molar-refractivity contribution is 0.185. The number of aryl methyl sites for hydroxylation is 1. The molecule has 1 unspecified atom stereocenters. The Morgan fingerprint density at radius 3 is 2.89 bits per heavy atom. The molecular weight excluding hydrogens is 260 g/mol. The van der Waals surface area contributed by atoms with Crippen LogP contribution in [0.1, 0.15) is 12.1 Å². The molecule has 1 atom stereocenters. The van der Waals surface area contributed by atoms with Crippen LogP contribution in [0.2, 0.25) is 5.02 Å². The smallest absolute Gasteiger partial charge is 0.0851 e. The molecule has 3 rings (SSSR count). The Hall–Kier alpha value is -0.840. The molecule has 1 aromatic rings. The Morgan fingerprint density at radius 2 is 2.11 bits per heavy atom. The Kier molecular flexibility index (Phi) is 3.91. The first-order valence-electron chi connectivity index (χ1n) is 7.06. The molecule has 0 bridgehead atoms. The number of halogens is 1. The van der Waals surface area contributed by atoms with Crippen molar-refractivity contribution in [2.24, 2.45) is 0 Å². The van der Waals surface area contributed by atoms with Crippen LogP contribution in [-0.2, 0) is 0 Å². The summed E-state index contributed by atoms with van der Waals surface area (Å²) in [6, 6.07) is 2.71. The van der Waals surface area contributed by atoms with Crippen LogP contribution in [0, 0.1) is 6.92 Å². The van der Waals surface area contributed by atoms with Gasteiger partial charge in [0.15, 0.2) is 0 Å². The second kappa shape index (κ2) is 5.65. The molecule has 4 nitrogen and oxygen atoms in total. The van der Waals surface area contributed by atoms with Gasteiger partial charge in [-0.2, -0.15) is 0 Å². The molecule has 0 saturated carbocycles. The van der Waals surface area contributed by atoms with Crippen LogP contribution in [0.15, 0.2) is 12.3 Å². The summed E-state index contributed by atoms with van der Waals surface area (Å²) in [6.45, 7) is 8.72. The monoisotopic (exact) mass is 280 g/mol. The number of hydrogen-bond acceptors (Lipinski definition) is 4. The Labute approximate surface area is 119 Å². The fourth-order valence-corrected chi connectivity index (χ4v) is 3.32. The predicted molar refractivity (Wildman–Crippen MR) is 79.0 cm³/mol. The van der Waals surface area contributed by atoms with E-state index >= 15 is 0 Å². The largest absolute Gasteiger partial charge is 0.369 e. The molecule has 1 aromatic heterocycles. The average Bonchev–Trinajstić information content (AvgIpc) is 2.92. The summed E-state index contributed by atoms with van der Waals surface area (Å²) < 4.78 is 0. The first-order chi connectivity index (χ1) is 9.25. The summed E-state index contributed by atoms with van der Waals surface area (Å²) in [7, 11) is 0. The molecule has 3 heterocycles. The number of pyridine rings is 1. The average molecular weight is 281 g/mol. The zero-order valence-electron chi connectivity index (χ0n) is 11.4. The standard InChI is InChI=1S/C14H21ClN4/c1-11-14(15)13(2-4-17-11)19-7-3-12(10-19)18-8-5-16-6-9-18/h2,4,12,16H,3,5-10H2,1H3. The summed E-state index contributed by atoms with van der Waals surface area (Å²) in [5, 5.41) is 4.22. The maximum atomic E-state index is 6.38. The first kappa shape index (κ1) is 13.2. The molecular formula is C14H21ClN4. The van der Waals surface area contributed by atoms with Crippen LogP contribution in [0.3, 0.4) is 0 Å². The first-order valence-corrected chi connectivity index (χ1v) is 7.44. The molecule has 0 radical (unpaired) electrons. The molecule has 0 spiro atoms. The van der Waals surface area contributed by atoms with E-state index < -0.39 is 0 Å². The quantitative estimate of drug-likeness (QED) is 0.890. The third-order valence-electron chi connectivity index (χ3n) is 4.22. The topological polar surface area (TPSA) is 31.4 Å². The van der Waals surface area contributed by atoms with E-state index in [1.54, 1.807) is 0 Å². The van der Waals surface area contributed by atoms with Crippen molar-refractivity contribution in [2.75, 3.05) is 44.2 Å². The molecule has 0 amide bonds. The van der Waals surface area contributed by atoms with Crippen molar-refractivity contribution in [1.82, 2.24) is 15.2 Å². The third-order valence-corrected chi connectivity index (χ3v) is 4.68. The van der Waals surface area contributed by atoms with Crippen molar-refractivity contribution in [1.29, 1.82) is 0 Å². The maximum Gasteiger partial charge on any atom is 0.0851 e. The normalized spacial score (nSPS) is 24.9. The van der Waals surface area contributed by atoms with Crippen molar-refractivity contribution < 1.29 is 0 Å². The van der Waals surface area contributed by atoms with E-state index in [-0.39, 0.29) is 0 Å². The maximum absolute atomic E-state index is 6.38. The molecule has 5 heteroatoms. The zero-order valence-corrected chi connectivity index (χ0v) is 12.2. The van der Waals surface area contributed by atoms with Gasteiger partial charge in [0, 0.05) is 51.5 Å². The van der Waals surface area contributed by atoms with Gasteiger partial charge in [-0.15, -0.1) is 0 Å². The van der Waals surface area contributed by atoms with E-state index in [9.17, 15) is 0 Å². The van der Waals surface area contributed by atoms with Gasteiger partial charge in [0.25, 0.3) is 0 Å². The Morgan fingerprint density at radius 1 is 1.32 bits per heavy atom. The minimum Gasteiger partial charge on any atom is -0.369 e. The van der Waals surface area contributed by atoms with E-state index in [1.807, 2.05) is 19.2 Å². The molecule has 1 N–H and O–H groups in total. The van der Waals surface area contributed by atoms with Crippen molar-refractivity contribution in [2.45, 2.75) is 19.4 Å². The van der Waals surface area contributed by atoms with Crippen molar-refractivity contribution in [3.63, 3.8) is 0 Å². The van der Waals surface area contributed by atoms with Gasteiger partial charge in [-0.1, -0.05) is 11.6 Å². The van der Waals surface area contributed by atoms with Crippen LogP contribution in [-0.4, -0.2) is 55.2 Å².